The molecule has 11 heteroatoms. The van der Waals surface area contributed by atoms with E-state index in [9.17, 15) is 28.5 Å². The van der Waals surface area contributed by atoms with E-state index in [2.05, 4.69) is 10.1 Å². The Hall–Kier alpha value is -3.08. The van der Waals surface area contributed by atoms with E-state index < -0.39 is 29.0 Å². The second kappa shape index (κ2) is 6.91. The van der Waals surface area contributed by atoms with Crippen LogP contribution >= 0.6 is 11.3 Å². The van der Waals surface area contributed by atoms with Crippen LogP contribution in [-0.4, -0.2) is 28.4 Å². The molecule has 142 valence electrons. The number of amides is 3. The van der Waals surface area contributed by atoms with Gasteiger partial charge in [-0.25, -0.2) is 4.79 Å². The van der Waals surface area contributed by atoms with Crippen molar-refractivity contribution in [3.8, 4) is 5.75 Å². The summed E-state index contributed by atoms with van der Waals surface area (Å²) in [6, 6.07) is 6.03. The maximum absolute atomic E-state index is 12.8. The first-order valence-corrected chi connectivity index (χ1v) is 8.50. The number of hydrogen-bond acceptors (Lipinski definition) is 6. The number of urea groups is 1. The van der Waals surface area contributed by atoms with Gasteiger partial charge in [0, 0.05) is 11.4 Å². The van der Waals surface area contributed by atoms with Gasteiger partial charge in [0.2, 0.25) is 0 Å². The van der Waals surface area contributed by atoms with Gasteiger partial charge in [-0.15, -0.1) is 0 Å². The molecule has 1 unspecified atom stereocenters. The third kappa shape index (κ3) is 3.58. The monoisotopic (exact) mass is 397 g/mol. The molecular formula is C16H13F2N3O5S. The van der Waals surface area contributed by atoms with E-state index in [1.807, 2.05) is 0 Å². The van der Waals surface area contributed by atoms with Crippen molar-refractivity contribution in [2.24, 2.45) is 0 Å². The molecule has 1 N–H and O–H groups in total. The molecule has 8 nitrogen and oxygen atoms in total. The summed E-state index contributed by atoms with van der Waals surface area (Å²) in [5.41, 5.74) is -0.538. The Balaban J connectivity index is 1.80. The summed E-state index contributed by atoms with van der Waals surface area (Å²) in [7, 11) is 0. The van der Waals surface area contributed by atoms with Gasteiger partial charge in [0.25, 0.3) is 5.91 Å². The van der Waals surface area contributed by atoms with Crippen LogP contribution in [0.4, 0.5) is 18.6 Å². The number of halogens is 2. The quantitative estimate of drug-likeness (QED) is 0.458. The lowest BCUT2D eigenvalue weighted by Gasteiger charge is -2.22. The van der Waals surface area contributed by atoms with Gasteiger partial charge in [0.15, 0.2) is 0 Å². The van der Waals surface area contributed by atoms with E-state index in [0.717, 1.165) is 16.2 Å². The predicted octanol–water partition coefficient (Wildman–Crippen LogP) is 3.22. The van der Waals surface area contributed by atoms with Gasteiger partial charge in [-0.2, -0.15) is 8.78 Å². The van der Waals surface area contributed by atoms with Crippen molar-refractivity contribution >= 4 is 28.3 Å². The fraction of sp³-hybridized carbons (Fsp3) is 0.250. The number of nitrogens with zero attached hydrogens (tertiary/aromatic N) is 2. The topological polar surface area (TPSA) is 102 Å². The molecule has 2 heterocycles. The minimum Gasteiger partial charge on any atom is -0.435 e. The zero-order valence-corrected chi connectivity index (χ0v) is 14.7. The lowest BCUT2D eigenvalue weighted by Crippen LogP contribution is -2.40. The third-order valence-electron chi connectivity index (χ3n) is 4.09. The summed E-state index contributed by atoms with van der Waals surface area (Å²) in [4.78, 5) is 36.2. The Morgan fingerprint density at radius 1 is 1.33 bits per heavy atom. The SMILES string of the molecule is CC1(c2ccc(OC(F)F)cc2)NC(=O)N(Cc2csc([N+](=O)[O-])c2)C1=O. The summed E-state index contributed by atoms with van der Waals surface area (Å²) >= 11 is 0.902. The van der Waals surface area contributed by atoms with Crippen LogP contribution in [0.2, 0.25) is 0 Å². The van der Waals surface area contributed by atoms with Crippen LogP contribution in [0, 0.1) is 10.1 Å². The van der Waals surface area contributed by atoms with Gasteiger partial charge < -0.3 is 10.1 Å². The average molecular weight is 397 g/mol. The second-order valence-corrected chi connectivity index (χ2v) is 6.79. The molecule has 1 aromatic carbocycles. The van der Waals surface area contributed by atoms with Crippen molar-refractivity contribution in [3.63, 3.8) is 0 Å². The number of benzene rings is 1. The number of carbonyl (C=O) groups is 2. The summed E-state index contributed by atoms with van der Waals surface area (Å²) in [5.74, 6) is -0.625. The van der Waals surface area contributed by atoms with Gasteiger partial charge in [-0.05, 0) is 30.2 Å². The molecule has 3 rings (SSSR count). The van der Waals surface area contributed by atoms with E-state index in [1.165, 1.54) is 42.6 Å². The Labute approximate surface area is 155 Å². The Morgan fingerprint density at radius 2 is 2.00 bits per heavy atom. The second-order valence-electron chi connectivity index (χ2n) is 5.90. The van der Waals surface area contributed by atoms with Crippen molar-refractivity contribution in [1.29, 1.82) is 0 Å². The summed E-state index contributed by atoms with van der Waals surface area (Å²) in [6.07, 6.45) is 0. The highest BCUT2D eigenvalue weighted by molar-refractivity contribution is 7.13. The first kappa shape index (κ1) is 18.7. The number of carbonyl (C=O) groups excluding carboxylic acids is 2. The number of ether oxygens (including phenoxy) is 1. The van der Waals surface area contributed by atoms with Crippen molar-refractivity contribution in [2.75, 3.05) is 0 Å². The lowest BCUT2D eigenvalue weighted by atomic mass is 9.92. The lowest BCUT2D eigenvalue weighted by molar-refractivity contribution is -0.380. The first-order chi connectivity index (χ1) is 12.7. The first-order valence-electron chi connectivity index (χ1n) is 7.62. The summed E-state index contributed by atoms with van der Waals surface area (Å²) in [5, 5.41) is 14.8. The van der Waals surface area contributed by atoms with Gasteiger partial charge in [0.05, 0.1) is 11.5 Å². The normalized spacial score (nSPS) is 19.5. The van der Waals surface area contributed by atoms with E-state index in [1.54, 1.807) is 0 Å². The van der Waals surface area contributed by atoms with Crippen LogP contribution < -0.4 is 10.1 Å². The molecule has 1 aliphatic rings. The largest absolute Gasteiger partial charge is 0.435 e. The number of hydrogen-bond donors (Lipinski definition) is 1. The third-order valence-corrected chi connectivity index (χ3v) is 5.02. The molecule has 2 aromatic rings. The molecule has 1 fully saturated rings. The Bertz CT molecular complexity index is 902. The molecule has 0 saturated carbocycles. The minimum absolute atomic E-state index is 0.0726. The van der Waals surface area contributed by atoms with Crippen molar-refractivity contribution in [2.45, 2.75) is 25.6 Å². The molecule has 0 bridgehead atoms. The molecule has 27 heavy (non-hydrogen) atoms. The number of rotatable bonds is 6. The molecule has 1 aliphatic heterocycles. The molecule has 0 aliphatic carbocycles. The molecule has 3 amide bonds. The molecule has 1 saturated heterocycles. The van der Waals surface area contributed by atoms with Crippen LogP contribution in [0.1, 0.15) is 18.1 Å². The Kier molecular flexibility index (Phi) is 4.79. The minimum atomic E-state index is -2.97. The highest BCUT2D eigenvalue weighted by Gasteiger charge is 2.49. The molecule has 0 spiro atoms. The number of imide groups is 1. The van der Waals surface area contributed by atoms with Gasteiger partial charge in [-0.1, -0.05) is 23.5 Å². The maximum Gasteiger partial charge on any atom is 0.387 e. The average Bonchev–Trinajstić information content (AvgIpc) is 3.15. The fourth-order valence-corrected chi connectivity index (χ4v) is 3.45. The predicted molar refractivity (Wildman–Crippen MR) is 90.5 cm³/mol. The van der Waals surface area contributed by atoms with E-state index in [-0.39, 0.29) is 17.3 Å². The molecular weight excluding hydrogens is 384 g/mol. The van der Waals surface area contributed by atoms with Crippen molar-refractivity contribution < 1.29 is 28.0 Å². The zero-order chi connectivity index (χ0) is 19.8. The van der Waals surface area contributed by atoms with Crippen molar-refractivity contribution in [3.05, 3.63) is 57.0 Å². The maximum atomic E-state index is 12.8. The molecule has 1 aromatic heterocycles. The van der Waals surface area contributed by atoms with E-state index in [4.69, 9.17) is 0 Å². The molecule has 1 atom stereocenters. The number of nitro groups is 1. The van der Waals surface area contributed by atoms with Crippen LogP contribution in [0.3, 0.4) is 0 Å². The van der Waals surface area contributed by atoms with Gasteiger partial charge >= 0.3 is 17.6 Å². The smallest absolute Gasteiger partial charge is 0.387 e. The van der Waals surface area contributed by atoms with E-state index >= 15 is 0 Å². The highest BCUT2D eigenvalue weighted by atomic mass is 32.1. The Morgan fingerprint density at radius 3 is 2.56 bits per heavy atom. The van der Waals surface area contributed by atoms with Crippen LogP contribution in [0.25, 0.3) is 0 Å². The molecule has 0 radical (unpaired) electrons. The fourth-order valence-electron chi connectivity index (χ4n) is 2.73. The number of alkyl halides is 2. The summed E-state index contributed by atoms with van der Waals surface area (Å²) < 4.78 is 28.7. The number of thiophene rings is 1. The zero-order valence-electron chi connectivity index (χ0n) is 13.8. The van der Waals surface area contributed by atoms with E-state index in [0.29, 0.717) is 11.1 Å². The summed E-state index contributed by atoms with van der Waals surface area (Å²) in [6.45, 7) is -1.59. The van der Waals surface area contributed by atoms with Gasteiger partial charge in [0.1, 0.15) is 11.3 Å². The van der Waals surface area contributed by atoms with Crippen LogP contribution in [0.15, 0.2) is 35.7 Å². The number of nitrogens with one attached hydrogen (secondary N) is 1. The van der Waals surface area contributed by atoms with Gasteiger partial charge in [-0.3, -0.25) is 19.8 Å². The van der Waals surface area contributed by atoms with Crippen LogP contribution in [0.5, 0.6) is 5.75 Å². The van der Waals surface area contributed by atoms with Crippen molar-refractivity contribution in [1.82, 2.24) is 10.2 Å². The van der Waals surface area contributed by atoms with Crippen LogP contribution in [-0.2, 0) is 16.9 Å². The standard InChI is InChI=1S/C16H13F2N3O5S/c1-16(10-2-4-11(5-3-10)26-14(17)18)13(22)20(15(23)19-16)7-9-6-12(21(24)25)27-8-9/h2-6,8,14H,7H2,1H3,(H,19,23). The highest BCUT2D eigenvalue weighted by Crippen LogP contribution is 2.32.